The van der Waals surface area contributed by atoms with Gasteiger partial charge < -0.3 is 23.5 Å². The molecule has 0 spiro atoms. The number of hydrogen-bond acceptors (Lipinski definition) is 7. The lowest BCUT2D eigenvalue weighted by atomic mass is 9.99. The zero-order chi connectivity index (χ0) is 30.3. The first-order valence-electron chi connectivity index (χ1n) is 13.9. The minimum Gasteiger partial charge on any atom is -0.543 e. The number of nitrogens with zero attached hydrogens (tertiary/aromatic N) is 1. The normalized spacial score (nSPS) is 25.2. The highest BCUT2D eigenvalue weighted by Crippen LogP contribution is 2.46. The van der Waals surface area contributed by atoms with Crippen LogP contribution in [0.1, 0.15) is 70.8 Å². The summed E-state index contributed by atoms with van der Waals surface area (Å²) in [7, 11) is -4.74. The van der Waals surface area contributed by atoms with Gasteiger partial charge in [-0.1, -0.05) is 76.5 Å². The first-order valence-corrected chi connectivity index (χ1v) is 20.1. The van der Waals surface area contributed by atoms with Crippen molar-refractivity contribution in [1.82, 2.24) is 0 Å². The van der Waals surface area contributed by atoms with E-state index in [1.165, 1.54) is 0 Å². The Bertz CT molecular complexity index is 1210. The third-order valence-corrected chi connectivity index (χ3v) is 17.6. The zero-order valence-electron chi connectivity index (χ0n) is 25.8. The lowest BCUT2D eigenvalue weighted by Gasteiger charge is -2.39. The number of rotatable bonds is 4. The maximum Gasteiger partial charge on any atom is 0.342 e. The lowest BCUT2D eigenvalue weighted by molar-refractivity contribution is 0.0306. The van der Waals surface area contributed by atoms with Crippen LogP contribution >= 0.6 is 11.6 Å². The molecule has 40 heavy (non-hydrogen) atoms. The molecule has 7 nitrogen and oxygen atoms in total. The number of hydrogen-bond donors (Lipinski definition) is 1. The highest BCUT2D eigenvalue weighted by atomic mass is 35.5. The SMILES string of the molecule is CC1CC2OC2\C=C/C=C/C(=N\O)Cc2c(Cl)c(O[Si](C)(C)C(C)(C)C)cc(O[Si](C)(C)C(C)(C)C)c2C(=O)O1. The maximum absolute atomic E-state index is 13.9. The molecule has 0 bridgehead atoms. The van der Waals surface area contributed by atoms with Crippen molar-refractivity contribution in [1.29, 1.82) is 0 Å². The summed E-state index contributed by atoms with van der Waals surface area (Å²) in [5.74, 6) is 0.298. The lowest BCUT2D eigenvalue weighted by Crippen LogP contribution is -2.45. The molecule has 10 heteroatoms. The van der Waals surface area contributed by atoms with Gasteiger partial charge in [0.05, 0.1) is 16.8 Å². The second kappa shape index (κ2) is 11.7. The summed E-state index contributed by atoms with van der Waals surface area (Å²) in [6, 6.07) is 1.76. The van der Waals surface area contributed by atoms with E-state index in [9.17, 15) is 10.0 Å². The third kappa shape index (κ3) is 7.40. The molecule has 0 amide bonds. The van der Waals surface area contributed by atoms with Crippen LogP contribution in [0.3, 0.4) is 0 Å². The first-order chi connectivity index (χ1) is 18.3. The molecule has 3 atom stereocenters. The third-order valence-electron chi connectivity index (χ3n) is 8.52. The molecule has 2 aliphatic heterocycles. The molecular weight excluding hydrogens is 562 g/mol. The second-order valence-corrected chi connectivity index (χ2v) is 23.7. The van der Waals surface area contributed by atoms with Gasteiger partial charge in [-0.15, -0.1) is 0 Å². The Labute approximate surface area is 246 Å². The van der Waals surface area contributed by atoms with Crippen LogP contribution in [0.2, 0.25) is 41.3 Å². The van der Waals surface area contributed by atoms with Gasteiger partial charge in [-0.3, -0.25) is 0 Å². The van der Waals surface area contributed by atoms with Crippen LogP contribution in [0.5, 0.6) is 11.5 Å². The highest BCUT2D eigenvalue weighted by molar-refractivity contribution is 6.75. The van der Waals surface area contributed by atoms with E-state index in [0.29, 0.717) is 29.2 Å². The Hall–Kier alpha value is -2.08. The molecule has 3 rings (SSSR count). The predicted octanol–water partition coefficient (Wildman–Crippen LogP) is 8.31. The van der Waals surface area contributed by atoms with Gasteiger partial charge in [0.25, 0.3) is 16.6 Å². The number of esters is 1. The molecule has 0 saturated carbocycles. The molecule has 2 aliphatic rings. The number of fused-ring (bicyclic) bond motifs is 2. The highest BCUT2D eigenvalue weighted by Gasteiger charge is 2.43. The molecule has 1 saturated heterocycles. The Kier molecular flexibility index (Phi) is 9.46. The zero-order valence-corrected chi connectivity index (χ0v) is 28.6. The van der Waals surface area contributed by atoms with Crippen molar-refractivity contribution in [3.63, 3.8) is 0 Å². The van der Waals surface area contributed by atoms with E-state index in [2.05, 4.69) is 72.9 Å². The molecule has 0 aliphatic carbocycles. The fraction of sp³-hybridized carbons (Fsp3) is 0.600. The van der Waals surface area contributed by atoms with E-state index in [0.717, 1.165) is 0 Å². The Morgan fingerprint density at radius 3 is 2.12 bits per heavy atom. The van der Waals surface area contributed by atoms with Gasteiger partial charge >= 0.3 is 5.97 Å². The molecule has 1 aromatic carbocycles. The molecule has 3 unspecified atom stereocenters. The monoisotopic (exact) mass is 607 g/mol. The molecular formula is C30H46ClNO6Si2. The molecule has 0 radical (unpaired) electrons. The van der Waals surface area contributed by atoms with Crippen molar-refractivity contribution in [3.8, 4) is 11.5 Å². The van der Waals surface area contributed by atoms with Crippen LogP contribution in [0.4, 0.5) is 0 Å². The van der Waals surface area contributed by atoms with Crippen molar-refractivity contribution in [2.75, 3.05) is 0 Å². The molecule has 1 fully saturated rings. The van der Waals surface area contributed by atoms with Crippen molar-refractivity contribution < 1.29 is 28.3 Å². The Morgan fingerprint density at radius 2 is 1.57 bits per heavy atom. The van der Waals surface area contributed by atoms with Gasteiger partial charge in [-0.25, -0.2) is 4.79 Å². The molecule has 222 valence electrons. The number of oxime groups is 1. The molecule has 1 aromatic rings. The number of allylic oxidation sites excluding steroid dienone is 3. The van der Waals surface area contributed by atoms with Crippen molar-refractivity contribution >= 4 is 39.9 Å². The van der Waals surface area contributed by atoms with Crippen LogP contribution in [-0.2, 0) is 15.9 Å². The van der Waals surface area contributed by atoms with Gasteiger partial charge in [0, 0.05) is 18.9 Å². The van der Waals surface area contributed by atoms with Crippen LogP contribution in [0, 0.1) is 0 Å². The fourth-order valence-electron chi connectivity index (χ4n) is 3.84. The number of carbonyl (C=O) groups excluding carboxylic acids is 1. The minimum atomic E-state index is -2.42. The molecule has 2 heterocycles. The Morgan fingerprint density at radius 1 is 1.00 bits per heavy atom. The van der Waals surface area contributed by atoms with E-state index >= 15 is 0 Å². The van der Waals surface area contributed by atoms with Crippen molar-refractivity contribution in [2.45, 2.75) is 116 Å². The Balaban J connectivity index is 2.27. The van der Waals surface area contributed by atoms with Crippen LogP contribution in [0.25, 0.3) is 0 Å². The summed E-state index contributed by atoms with van der Waals surface area (Å²) in [6.45, 7) is 23.3. The predicted molar refractivity (Wildman–Crippen MR) is 166 cm³/mol. The standard InChI is InChI=1S/C30H46ClNO6Si2/c1-19-16-23-22(36-23)15-13-12-14-20(32-34)17-21-26(28(33)35-19)24(37-39(8,9)29(2,3)4)18-25(27(21)31)38-40(10,11)30(5,6)7/h12-15,18-19,22-23,34H,16-17H2,1-11H3/b14-12+,15-13-,32-20+. The van der Waals surface area contributed by atoms with Gasteiger partial charge in [0.15, 0.2) is 0 Å². The number of ether oxygens (including phenoxy) is 2. The number of halogens is 1. The smallest absolute Gasteiger partial charge is 0.342 e. The summed E-state index contributed by atoms with van der Waals surface area (Å²) in [5, 5.41) is 13.5. The topological polar surface area (TPSA) is 89.9 Å². The second-order valence-electron chi connectivity index (χ2n) is 13.9. The van der Waals surface area contributed by atoms with Gasteiger partial charge in [0.1, 0.15) is 29.3 Å². The fourth-order valence-corrected chi connectivity index (χ4v) is 6.20. The van der Waals surface area contributed by atoms with E-state index < -0.39 is 28.7 Å². The molecule has 0 aromatic heterocycles. The average Bonchev–Trinajstić information content (AvgIpc) is 3.53. The van der Waals surface area contributed by atoms with E-state index in [-0.39, 0.29) is 39.3 Å². The summed E-state index contributed by atoms with van der Waals surface area (Å²) in [4.78, 5) is 13.9. The summed E-state index contributed by atoms with van der Waals surface area (Å²) < 4.78 is 25.2. The molecule has 1 N–H and O–H groups in total. The number of epoxide rings is 1. The number of benzene rings is 1. The summed E-state index contributed by atoms with van der Waals surface area (Å²) in [5.41, 5.74) is 1.00. The van der Waals surface area contributed by atoms with E-state index in [1.54, 1.807) is 18.2 Å². The largest absolute Gasteiger partial charge is 0.543 e. The first kappa shape index (κ1) is 32.4. The quantitative estimate of drug-likeness (QED) is 0.122. The van der Waals surface area contributed by atoms with Crippen LogP contribution in [-0.4, -0.2) is 51.8 Å². The van der Waals surface area contributed by atoms with Crippen molar-refractivity contribution in [2.24, 2.45) is 5.16 Å². The minimum absolute atomic E-state index is 0.0206. The van der Waals surface area contributed by atoms with E-state index in [1.807, 2.05) is 19.1 Å². The van der Waals surface area contributed by atoms with Gasteiger partial charge in [0.2, 0.25) is 0 Å². The number of carbonyl (C=O) groups is 1. The van der Waals surface area contributed by atoms with Gasteiger partial charge in [-0.05, 0) is 54.8 Å². The summed E-state index contributed by atoms with van der Waals surface area (Å²) in [6.07, 6.45) is 7.48. The van der Waals surface area contributed by atoms with Crippen LogP contribution < -0.4 is 8.85 Å². The number of cyclic esters (lactones) is 1. The maximum atomic E-state index is 13.9. The average molecular weight is 608 g/mol. The van der Waals surface area contributed by atoms with E-state index in [4.69, 9.17) is 29.9 Å². The van der Waals surface area contributed by atoms with Crippen LogP contribution in [0.15, 0.2) is 35.5 Å². The van der Waals surface area contributed by atoms with Crippen molar-refractivity contribution in [3.05, 3.63) is 46.5 Å². The van der Waals surface area contributed by atoms with Gasteiger partial charge in [-0.2, -0.15) is 0 Å². The summed E-state index contributed by atoms with van der Waals surface area (Å²) >= 11 is 7.07.